The van der Waals surface area contributed by atoms with Crippen molar-refractivity contribution >= 4 is 23.3 Å². The highest BCUT2D eigenvalue weighted by atomic mass is 35.5. The predicted octanol–water partition coefficient (Wildman–Crippen LogP) is 1.29. The predicted molar refractivity (Wildman–Crippen MR) is 77.7 cm³/mol. The molecular weight excluding hydrogens is 280 g/mol. The van der Waals surface area contributed by atoms with E-state index in [2.05, 4.69) is 20.3 Å². The first-order valence-electron chi connectivity index (χ1n) is 6.60. The van der Waals surface area contributed by atoms with Crippen molar-refractivity contribution in [2.45, 2.75) is 6.92 Å². The maximum Gasteiger partial charge on any atom is 0.239 e. The third-order valence-electron chi connectivity index (χ3n) is 3.18. The van der Waals surface area contributed by atoms with Gasteiger partial charge in [-0.25, -0.2) is 0 Å². The van der Waals surface area contributed by atoms with Crippen LogP contribution in [0.2, 0.25) is 0 Å². The minimum atomic E-state index is -0.0626. The van der Waals surface area contributed by atoms with E-state index in [9.17, 15) is 4.79 Å². The molecule has 1 saturated heterocycles. The highest BCUT2D eigenvalue weighted by Gasteiger charge is 2.18. The van der Waals surface area contributed by atoms with Crippen LogP contribution >= 0.6 is 11.6 Å². The zero-order chi connectivity index (χ0) is 14.4. The van der Waals surface area contributed by atoms with Crippen LogP contribution < -0.4 is 5.32 Å². The summed E-state index contributed by atoms with van der Waals surface area (Å²) in [5.41, 5.74) is 1.54. The third-order valence-corrected chi connectivity index (χ3v) is 3.36. The number of carbonyl (C=O) groups is 1. The number of amides is 1. The average molecular weight is 299 g/mol. The number of rotatable bonds is 5. The quantitative estimate of drug-likeness (QED) is 0.887. The second-order valence-corrected chi connectivity index (χ2v) is 5.06. The van der Waals surface area contributed by atoms with Crippen molar-refractivity contribution < 1.29 is 9.32 Å². The lowest BCUT2D eigenvalue weighted by atomic mass is 10.3. The average Bonchev–Trinajstić information content (AvgIpc) is 2.83. The fraction of sp³-hybridized carbons (Fsp3) is 0.538. The lowest BCUT2D eigenvalue weighted by molar-refractivity contribution is -0.117. The minimum absolute atomic E-state index is 0.0626. The summed E-state index contributed by atoms with van der Waals surface area (Å²) in [6.07, 6.45) is 1.93. The van der Waals surface area contributed by atoms with Crippen LogP contribution in [0.3, 0.4) is 0 Å². The molecule has 1 aliphatic rings. The van der Waals surface area contributed by atoms with Gasteiger partial charge >= 0.3 is 0 Å². The smallest absolute Gasteiger partial charge is 0.239 e. The van der Waals surface area contributed by atoms with E-state index in [-0.39, 0.29) is 5.91 Å². The number of anilines is 1. The van der Waals surface area contributed by atoms with E-state index in [4.69, 9.17) is 16.1 Å². The molecule has 0 aromatic carbocycles. The molecular formula is C13H19ClN4O2. The molecule has 1 fully saturated rings. The minimum Gasteiger partial charge on any atom is -0.360 e. The third kappa shape index (κ3) is 4.63. The molecule has 0 atom stereocenters. The van der Waals surface area contributed by atoms with Crippen LogP contribution in [0.4, 0.5) is 5.82 Å². The van der Waals surface area contributed by atoms with Crippen LogP contribution in [0.5, 0.6) is 0 Å². The molecule has 7 heteroatoms. The zero-order valence-electron chi connectivity index (χ0n) is 11.5. The maximum absolute atomic E-state index is 11.9. The first-order chi connectivity index (χ1) is 9.67. The molecule has 0 bridgehead atoms. The van der Waals surface area contributed by atoms with Gasteiger partial charge in [0.05, 0.1) is 6.54 Å². The number of aryl methyl sites for hydroxylation is 1. The van der Waals surface area contributed by atoms with E-state index in [0.717, 1.165) is 32.7 Å². The highest BCUT2D eigenvalue weighted by molar-refractivity contribution is 6.25. The van der Waals surface area contributed by atoms with Gasteiger partial charge in [-0.3, -0.25) is 14.6 Å². The molecule has 0 spiro atoms. The molecule has 0 unspecified atom stereocenters. The Morgan fingerprint density at radius 3 is 2.75 bits per heavy atom. The molecule has 6 nitrogen and oxygen atoms in total. The summed E-state index contributed by atoms with van der Waals surface area (Å²) in [6, 6.07) is 1.70. The molecule has 2 rings (SSSR count). The van der Waals surface area contributed by atoms with Crippen molar-refractivity contribution in [2.75, 3.05) is 44.6 Å². The zero-order valence-corrected chi connectivity index (χ0v) is 12.3. The van der Waals surface area contributed by atoms with E-state index in [1.807, 2.05) is 6.08 Å². The van der Waals surface area contributed by atoms with E-state index in [1.165, 1.54) is 0 Å². The molecule has 1 aliphatic heterocycles. The number of nitrogens with zero attached hydrogens (tertiary/aromatic N) is 3. The van der Waals surface area contributed by atoms with Crippen LogP contribution in [0.15, 0.2) is 22.2 Å². The molecule has 1 N–H and O–H groups in total. The number of aromatic nitrogens is 1. The first-order valence-corrected chi connectivity index (χ1v) is 7.04. The Morgan fingerprint density at radius 1 is 1.45 bits per heavy atom. The van der Waals surface area contributed by atoms with Crippen LogP contribution in [0.1, 0.15) is 5.76 Å². The fourth-order valence-electron chi connectivity index (χ4n) is 2.13. The monoisotopic (exact) mass is 298 g/mol. The molecule has 1 aromatic rings. The standard InChI is InChI=1S/C13H19ClN4O2/c1-11-9-12(16-20-11)15-13(19)10-18-7-5-17(6-8-18)4-2-3-14/h2-3,9H,4-8,10H2,1H3,(H,15,16,19)/b3-2+. The Bertz CT molecular complexity index is 467. The Kier molecular flexibility index (Phi) is 5.58. The summed E-state index contributed by atoms with van der Waals surface area (Å²) in [4.78, 5) is 16.3. The number of carbonyl (C=O) groups excluding carboxylic acids is 1. The summed E-state index contributed by atoms with van der Waals surface area (Å²) in [7, 11) is 0. The van der Waals surface area contributed by atoms with Crippen molar-refractivity contribution in [1.29, 1.82) is 0 Å². The maximum atomic E-state index is 11.9. The van der Waals surface area contributed by atoms with Crippen molar-refractivity contribution in [1.82, 2.24) is 15.0 Å². The van der Waals surface area contributed by atoms with Crippen LogP contribution in [-0.2, 0) is 4.79 Å². The SMILES string of the molecule is Cc1cc(NC(=O)CN2CCN(C/C=C/Cl)CC2)no1. The Hall–Kier alpha value is -1.37. The van der Waals surface area contributed by atoms with Gasteiger partial charge in [-0.1, -0.05) is 22.8 Å². The van der Waals surface area contributed by atoms with E-state index < -0.39 is 0 Å². The Balaban J connectivity index is 1.71. The number of halogens is 1. The second-order valence-electron chi connectivity index (χ2n) is 4.81. The highest BCUT2D eigenvalue weighted by Crippen LogP contribution is 2.07. The van der Waals surface area contributed by atoms with Gasteiger partial charge in [-0.2, -0.15) is 0 Å². The van der Waals surface area contributed by atoms with E-state index in [1.54, 1.807) is 18.5 Å². The van der Waals surface area contributed by atoms with Gasteiger partial charge in [0, 0.05) is 44.3 Å². The Labute approximate surface area is 123 Å². The molecule has 0 radical (unpaired) electrons. The van der Waals surface area contributed by atoms with Crippen molar-refractivity contribution in [3.05, 3.63) is 23.4 Å². The molecule has 2 heterocycles. The fourth-order valence-corrected chi connectivity index (χ4v) is 2.21. The van der Waals surface area contributed by atoms with Crippen molar-refractivity contribution in [3.8, 4) is 0 Å². The largest absolute Gasteiger partial charge is 0.360 e. The first kappa shape index (κ1) is 15.0. The number of hydrogen-bond donors (Lipinski definition) is 1. The summed E-state index contributed by atoms with van der Waals surface area (Å²) in [6.45, 7) is 6.67. The lowest BCUT2D eigenvalue weighted by Gasteiger charge is -2.33. The summed E-state index contributed by atoms with van der Waals surface area (Å²) in [5.74, 6) is 1.09. The van der Waals surface area contributed by atoms with Crippen molar-refractivity contribution in [2.24, 2.45) is 0 Å². The Morgan fingerprint density at radius 2 is 2.15 bits per heavy atom. The van der Waals surface area contributed by atoms with Gasteiger partial charge < -0.3 is 9.84 Å². The molecule has 0 aliphatic carbocycles. The van der Waals surface area contributed by atoms with Gasteiger partial charge in [0.2, 0.25) is 5.91 Å². The molecule has 20 heavy (non-hydrogen) atoms. The lowest BCUT2D eigenvalue weighted by Crippen LogP contribution is -2.48. The van der Waals surface area contributed by atoms with Crippen molar-refractivity contribution in [3.63, 3.8) is 0 Å². The topological polar surface area (TPSA) is 61.6 Å². The number of hydrogen-bond acceptors (Lipinski definition) is 5. The molecule has 0 saturated carbocycles. The summed E-state index contributed by atoms with van der Waals surface area (Å²) in [5, 5.41) is 6.47. The van der Waals surface area contributed by atoms with E-state index >= 15 is 0 Å². The van der Waals surface area contributed by atoms with Gasteiger partial charge in [0.25, 0.3) is 0 Å². The van der Waals surface area contributed by atoms with Gasteiger partial charge in [0.1, 0.15) is 5.76 Å². The number of nitrogens with one attached hydrogen (secondary N) is 1. The number of piperazine rings is 1. The van der Waals surface area contributed by atoms with Gasteiger partial charge in [-0.15, -0.1) is 0 Å². The normalized spacial score (nSPS) is 17.7. The van der Waals surface area contributed by atoms with Gasteiger partial charge in [-0.05, 0) is 6.92 Å². The summed E-state index contributed by atoms with van der Waals surface area (Å²) < 4.78 is 4.90. The molecule has 1 aromatic heterocycles. The summed E-state index contributed by atoms with van der Waals surface area (Å²) >= 11 is 5.51. The van der Waals surface area contributed by atoms with Crippen LogP contribution in [0, 0.1) is 6.92 Å². The van der Waals surface area contributed by atoms with Crippen LogP contribution in [-0.4, -0.2) is 60.1 Å². The van der Waals surface area contributed by atoms with E-state index in [0.29, 0.717) is 18.1 Å². The van der Waals surface area contributed by atoms with Crippen LogP contribution in [0.25, 0.3) is 0 Å². The molecule has 1 amide bonds. The van der Waals surface area contributed by atoms with Gasteiger partial charge in [0.15, 0.2) is 5.82 Å². The molecule has 110 valence electrons. The second kappa shape index (κ2) is 7.42.